The van der Waals surface area contributed by atoms with Crippen LogP contribution in [0.3, 0.4) is 0 Å². The molecular weight excluding hydrogens is 474 g/mol. The minimum absolute atomic E-state index is 0.0502. The van der Waals surface area contributed by atoms with Crippen LogP contribution < -0.4 is 5.32 Å². The number of nitrogens with zero attached hydrogens (tertiary/aromatic N) is 2. The number of amides is 2. The number of carbonyl (C=O) groups excluding carboxylic acids is 2. The third-order valence-corrected chi connectivity index (χ3v) is 7.19. The first-order valence-electron chi connectivity index (χ1n) is 12.9. The van der Waals surface area contributed by atoms with Crippen LogP contribution in [0.25, 0.3) is 0 Å². The maximum absolute atomic E-state index is 14.5. The van der Waals surface area contributed by atoms with Gasteiger partial charge in [0.2, 0.25) is 11.8 Å². The summed E-state index contributed by atoms with van der Waals surface area (Å²) in [5, 5.41) is 2.81. The highest BCUT2D eigenvalue weighted by atomic mass is 19.1. The van der Waals surface area contributed by atoms with E-state index < -0.39 is 17.7 Å². The first kappa shape index (κ1) is 26.5. The predicted molar refractivity (Wildman–Crippen MR) is 138 cm³/mol. The number of likely N-dealkylation sites (tertiary alicyclic amines) is 1. The fraction of sp³-hybridized carbons (Fsp3) is 0.414. The Kier molecular flexibility index (Phi) is 8.69. The zero-order valence-corrected chi connectivity index (χ0v) is 21.2. The van der Waals surface area contributed by atoms with Crippen LogP contribution in [0.1, 0.15) is 55.8 Å². The number of benzene rings is 2. The number of aromatic nitrogens is 2. The molecule has 1 atom stereocenters. The van der Waals surface area contributed by atoms with Gasteiger partial charge in [0, 0.05) is 49.3 Å². The van der Waals surface area contributed by atoms with E-state index in [2.05, 4.69) is 34.3 Å². The third kappa shape index (κ3) is 6.61. The molecule has 0 saturated carbocycles. The molecule has 2 N–H and O–H groups in total. The predicted octanol–water partition coefficient (Wildman–Crippen LogP) is 4.71. The lowest BCUT2D eigenvalue weighted by Gasteiger charge is -2.52. The number of carbonyl (C=O) groups is 2. The number of unbranched alkanes of at least 4 members (excludes halogenated alkanes) is 2. The van der Waals surface area contributed by atoms with E-state index in [1.165, 1.54) is 11.6 Å². The molecule has 0 bridgehead atoms. The van der Waals surface area contributed by atoms with E-state index in [0.717, 1.165) is 43.5 Å². The second-order valence-electron chi connectivity index (χ2n) is 9.93. The second kappa shape index (κ2) is 12.1. The Labute approximate surface area is 216 Å². The quantitative estimate of drug-likeness (QED) is 0.348. The van der Waals surface area contributed by atoms with Gasteiger partial charge in [0.15, 0.2) is 0 Å². The van der Waals surface area contributed by atoms with Crippen molar-refractivity contribution in [3.05, 3.63) is 89.5 Å². The van der Waals surface area contributed by atoms with Crippen molar-refractivity contribution in [2.75, 3.05) is 13.1 Å². The van der Waals surface area contributed by atoms with Gasteiger partial charge in [-0.2, -0.15) is 0 Å². The largest absolute Gasteiger partial charge is 0.348 e. The number of halogens is 2. The highest BCUT2D eigenvalue weighted by Gasteiger charge is 2.47. The SMILES string of the molecule is CCCCCC1(c2ccccc2)CN(C(=O)[C@@H](Cc2ccc(F)cc2F)NC(=O)CCc2cnc[nH]2)C1. The van der Waals surface area contributed by atoms with Gasteiger partial charge in [-0.05, 0) is 30.0 Å². The molecule has 0 unspecified atom stereocenters. The Bertz CT molecular complexity index is 1180. The maximum atomic E-state index is 14.5. The molecule has 8 heteroatoms. The molecule has 1 aliphatic rings. The fourth-order valence-corrected chi connectivity index (χ4v) is 5.09. The summed E-state index contributed by atoms with van der Waals surface area (Å²) < 4.78 is 27.9. The van der Waals surface area contributed by atoms with Crippen molar-refractivity contribution in [3.63, 3.8) is 0 Å². The summed E-state index contributed by atoms with van der Waals surface area (Å²) >= 11 is 0. The average Bonchev–Trinajstić information content (AvgIpc) is 3.39. The molecule has 6 nitrogen and oxygen atoms in total. The molecular formula is C29H34F2N4O2. The van der Waals surface area contributed by atoms with Crippen LogP contribution in [0.5, 0.6) is 0 Å². The van der Waals surface area contributed by atoms with Crippen molar-refractivity contribution in [1.29, 1.82) is 0 Å². The van der Waals surface area contributed by atoms with Gasteiger partial charge in [0.25, 0.3) is 0 Å². The van der Waals surface area contributed by atoms with Crippen molar-refractivity contribution in [1.82, 2.24) is 20.2 Å². The van der Waals surface area contributed by atoms with E-state index in [1.54, 1.807) is 17.4 Å². The molecule has 1 aromatic heterocycles. The van der Waals surface area contributed by atoms with Crippen molar-refractivity contribution in [3.8, 4) is 0 Å². The van der Waals surface area contributed by atoms with Crippen LogP contribution in [0.15, 0.2) is 61.1 Å². The molecule has 2 heterocycles. The molecule has 196 valence electrons. The molecule has 1 fully saturated rings. The lowest BCUT2D eigenvalue weighted by atomic mass is 9.70. The normalized spacial score (nSPS) is 15.2. The first-order valence-corrected chi connectivity index (χ1v) is 12.9. The van der Waals surface area contributed by atoms with Crippen LogP contribution in [-0.4, -0.2) is 45.8 Å². The van der Waals surface area contributed by atoms with Gasteiger partial charge >= 0.3 is 0 Å². The Morgan fingerprint density at radius 2 is 1.92 bits per heavy atom. The number of imidazole rings is 1. The summed E-state index contributed by atoms with van der Waals surface area (Å²) in [7, 11) is 0. The Hall–Kier alpha value is -3.55. The maximum Gasteiger partial charge on any atom is 0.245 e. The Balaban J connectivity index is 1.48. The fourth-order valence-electron chi connectivity index (χ4n) is 5.09. The number of hydrogen-bond acceptors (Lipinski definition) is 3. The number of hydrogen-bond donors (Lipinski definition) is 2. The molecule has 3 aromatic rings. The van der Waals surface area contributed by atoms with Crippen LogP contribution in [-0.2, 0) is 27.8 Å². The lowest BCUT2D eigenvalue weighted by Crippen LogP contribution is -2.65. The van der Waals surface area contributed by atoms with Gasteiger partial charge < -0.3 is 15.2 Å². The smallest absolute Gasteiger partial charge is 0.245 e. The molecule has 2 amide bonds. The number of aryl methyl sites for hydroxylation is 1. The van der Waals surface area contributed by atoms with Crippen molar-refractivity contribution >= 4 is 11.8 Å². The van der Waals surface area contributed by atoms with E-state index in [9.17, 15) is 18.4 Å². The van der Waals surface area contributed by atoms with Gasteiger partial charge in [-0.15, -0.1) is 0 Å². The molecule has 37 heavy (non-hydrogen) atoms. The number of H-pyrrole nitrogens is 1. The minimum atomic E-state index is -0.946. The number of aromatic amines is 1. The van der Waals surface area contributed by atoms with Crippen molar-refractivity contribution in [2.45, 2.75) is 63.3 Å². The molecule has 0 spiro atoms. The van der Waals surface area contributed by atoms with E-state index in [1.807, 2.05) is 18.2 Å². The molecule has 4 rings (SSSR count). The van der Waals surface area contributed by atoms with E-state index in [-0.39, 0.29) is 35.6 Å². The second-order valence-corrected chi connectivity index (χ2v) is 9.93. The summed E-state index contributed by atoms with van der Waals surface area (Å²) in [5.41, 5.74) is 2.08. The van der Waals surface area contributed by atoms with Crippen LogP contribution in [0.4, 0.5) is 8.78 Å². The summed E-state index contributed by atoms with van der Waals surface area (Å²) in [4.78, 5) is 35.0. The molecule has 1 aliphatic heterocycles. The number of nitrogens with one attached hydrogen (secondary N) is 2. The van der Waals surface area contributed by atoms with Gasteiger partial charge in [-0.3, -0.25) is 9.59 Å². The highest BCUT2D eigenvalue weighted by molar-refractivity contribution is 5.88. The topological polar surface area (TPSA) is 78.1 Å². The summed E-state index contributed by atoms with van der Waals surface area (Å²) in [6, 6.07) is 12.6. The molecule has 1 saturated heterocycles. The molecule has 0 radical (unpaired) electrons. The average molecular weight is 509 g/mol. The Morgan fingerprint density at radius 1 is 1.14 bits per heavy atom. The summed E-state index contributed by atoms with van der Waals surface area (Å²) in [6.45, 7) is 3.26. The van der Waals surface area contributed by atoms with Gasteiger partial charge in [-0.25, -0.2) is 13.8 Å². The third-order valence-electron chi connectivity index (χ3n) is 7.19. The van der Waals surface area contributed by atoms with Crippen molar-refractivity contribution < 1.29 is 18.4 Å². The van der Waals surface area contributed by atoms with E-state index >= 15 is 0 Å². The lowest BCUT2D eigenvalue weighted by molar-refractivity contribution is -0.143. The highest BCUT2D eigenvalue weighted by Crippen LogP contribution is 2.39. The van der Waals surface area contributed by atoms with E-state index in [0.29, 0.717) is 19.5 Å². The van der Waals surface area contributed by atoms with Gasteiger partial charge in [-0.1, -0.05) is 62.6 Å². The zero-order chi connectivity index (χ0) is 26.3. The summed E-state index contributed by atoms with van der Waals surface area (Å²) in [5.74, 6) is -1.98. The van der Waals surface area contributed by atoms with Crippen LogP contribution >= 0.6 is 0 Å². The molecule has 2 aromatic carbocycles. The summed E-state index contributed by atoms with van der Waals surface area (Å²) in [6.07, 6.45) is 8.02. The standard InChI is InChI=1S/C29H34F2N4O2/c1-2-3-7-14-29(22-8-5-4-6-9-22)18-35(19-29)28(37)26(15-21-10-11-23(30)16-25(21)31)34-27(36)13-12-24-17-32-20-33-24/h4-6,8-11,16-17,20,26H,2-3,7,12-15,18-19H2,1H3,(H,32,33)(H,34,36)/t26-/m1/s1. The Morgan fingerprint density at radius 3 is 2.59 bits per heavy atom. The zero-order valence-electron chi connectivity index (χ0n) is 21.2. The first-order chi connectivity index (χ1) is 17.9. The van der Waals surface area contributed by atoms with Crippen LogP contribution in [0, 0.1) is 11.6 Å². The van der Waals surface area contributed by atoms with Gasteiger partial charge in [0.05, 0.1) is 6.33 Å². The monoisotopic (exact) mass is 508 g/mol. The minimum Gasteiger partial charge on any atom is -0.348 e. The van der Waals surface area contributed by atoms with Crippen molar-refractivity contribution in [2.24, 2.45) is 0 Å². The van der Waals surface area contributed by atoms with E-state index in [4.69, 9.17) is 0 Å². The van der Waals surface area contributed by atoms with Gasteiger partial charge in [0.1, 0.15) is 17.7 Å². The molecule has 0 aliphatic carbocycles. The van der Waals surface area contributed by atoms with Crippen LogP contribution in [0.2, 0.25) is 0 Å². The number of rotatable bonds is 12.